The van der Waals surface area contributed by atoms with E-state index >= 15 is 0 Å². The van der Waals surface area contributed by atoms with E-state index in [4.69, 9.17) is 4.74 Å². The molecule has 136 valence electrons. The van der Waals surface area contributed by atoms with Crippen LogP contribution in [0.25, 0.3) is 10.9 Å². The Kier molecular flexibility index (Phi) is 5.96. The van der Waals surface area contributed by atoms with Crippen molar-refractivity contribution >= 4 is 32.7 Å². The first-order valence-corrected chi connectivity index (χ1v) is 9.70. The van der Waals surface area contributed by atoms with Crippen molar-refractivity contribution in [1.29, 1.82) is 0 Å². The van der Waals surface area contributed by atoms with Crippen LogP contribution in [-0.2, 0) is 4.74 Å². The summed E-state index contributed by atoms with van der Waals surface area (Å²) >= 11 is 3.38. The maximum atomic E-state index is 12.6. The fourth-order valence-corrected chi connectivity index (χ4v) is 3.76. The van der Waals surface area contributed by atoms with Crippen LogP contribution in [0.4, 0.5) is 0 Å². The van der Waals surface area contributed by atoms with E-state index in [1.165, 1.54) is 0 Å². The number of amides is 1. The number of carbonyl (C=O) groups excluding carboxylic acids is 1. The number of fused-ring (bicyclic) bond motifs is 1. The summed E-state index contributed by atoms with van der Waals surface area (Å²) in [5.74, 6) is -0.204. The molecule has 0 atom stereocenters. The SMILES string of the molecule is CCCCOC1CCC(NC(=O)c2c[nH]c3c(Br)c[nH]c(=O)c23)CC1. The summed E-state index contributed by atoms with van der Waals surface area (Å²) in [4.78, 5) is 30.3. The number of aromatic nitrogens is 2. The van der Waals surface area contributed by atoms with Crippen molar-refractivity contribution in [2.75, 3.05) is 6.61 Å². The molecule has 1 saturated carbocycles. The predicted octanol–water partition coefficient (Wildman–Crippen LogP) is 3.48. The number of rotatable bonds is 6. The van der Waals surface area contributed by atoms with Crippen LogP contribution in [0, 0.1) is 0 Å². The smallest absolute Gasteiger partial charge is 0.258 e. The number of ether oxygens (including phenoxy) is 1. The van der Waals surface area contributed by atoms with Crippen molar-refractivity contribution < 1.29 is 9.53 Å². The lowest BCUT2D eigenvalue weighted by Gasteiger charge is -2.29. The highest BCUT2D eigenvalue weighted by atomic mass is 79.9. The highest BCUT2D eigenvalue weighted by Gasteiger charge is 2.24. The van der Waals surface area contributed by atoms with Crippen LogP contribution >= 0.6 is 15.9 Å². The third-order valence-electron chi connectivity index (χ3n) is 4.78. The molecule has 0 saturated heterocycles. The topological polar surface area (TPSA) is 87.0 Å². The molecule has 0 unspecified atom stereocenters. The minimum atomic E-state index is -0.266. The first-order valence-electron chi connectivity index (χ1n) is 8.91. The van der Waals surface area contributed by atoms with Crippen LogP contribution in [0.3, 0.4) is 0 Å². The Morgan fingerprint density at radius 3 is 2.76 bits per heavy atom. The molecule has 25 heavy (non-hydrogen) atoms. The number of unbranched alkanes of at least 4 members (excludes halogenated alkanes) is 1. The van der Waals surface area contributed by atoms with E-state index in [9.17, 15) is 9.59 Å². The third-order valence-corrected chi connectivity index (χ3v) is 5.41. The molecule has 2 aromatic heterocycles. The van der Waals surface area contributed by atoms with Gasteiger partial charge in [-0.1, -0.05) is 13.3 Å². The van der Waals surface area contributed by atoms with E-state index in [2.05, 4.69) is 38.1 Å². The maximum Gasteiger partial charge on any atom is 0.258 e. The second-order valence-electron chi connectivity index (χ2n) is 6.59. The average molecular weight is 410 g/mol. The molecule has 2 heterocycles. The Labute approximate surface area is 154 Å². The number of hydrogen-bond acceptors (Lipinski definition) is 3. The van der Waals surface area contributed by atoms with Crippen LogP contribution in [0.5, 0.6) is 0 Å². The zero-order chi connectivity index (χ0) is 17.8. The van der Waals surface area contributed by atoms with Crippen molar-refractivity contribution in [2.24, 2.45) is 0 Å². The number of H-pyrrole nitrogens is 2. The molecule has 0 aliphatic heterocycles. The van der Waals surface area contributed by atoms with Gasteiger partial charge in [0.2, 0.25) is 0 Å². The average Bonchev–Trinajstić information content (AvgIpc) is 3.06. The van der Waals surface area contributed by atoms with Gasteiger partial charge in [-0.3, -0.25) is 9.59 Å². The molecule has 3 rings (SSSR count). The molecule has 1 fully saturated rings. The normalized spacial score (nSPS) is 20.7. The van der Waals surface area contributed by atoms with Crippen molar-refractivity contribution in [3.8, 4) is 0 Å². The van der Waals surface area contributed by atoms with Crippen molar-refractivity contribution in [1.82, 2.24) is 15.3 Å². The van der Waals surface area contributed by atoms with Gasteiger partial charge in [-0.2, -0.15) is 0 Å². The highest BCUT2D eigenvalue weighted by Crippen LogP contribution is 2.24. The molecule has 1 amide bonds. The van der Waals surface area contributed by atoms with Crippen LogP contribution in [0.15, 0.2) is 21.7 Å². The van der Waals surface area contributed by atoms with Gasteiger partial charge in [0, 0.05) is 25.0 Å². The summed E-state index contributed by atoms with van der Waals surface area (Å²) in [6.45, 7) is 2.98. The van der Waals surface area contributed by atoms with Gasteiger partial charge in [-0.15, -0.1) is 0 Å². The Bertz CT molecular complexity index is 790. The summed E-state index contributed by atoms with van der Waals surface area (Å²) in [6, 6.07) is 0.134. The Morgan fingerprint density at radius 1 is 1.28 bits per heavy atom. The second-order valence-corrected chi connectivity index (χ2v) is 7.44. The van der Waals surface area contributed by atoms with Crippen LogP contribution in [0.1, 0.15) is 55.8 Å². The quantitative estimate of drug-likeness (QED) is 0.638. The molecule has 3 N–H and O–H groups in total. The minimum Gasteiger partial charge on any atom is -0.378 e. The molecule has 7 heteroatoms. The third kappa shape index (κ3) is 4.15. The Balaban J connectivity index is 1.61. The lowest BCUT2D eigenvalue weighted by atomic mass is 9.92. The molecule has 0 radical (unpaired) electrons. The molecular weight excluding hydrogens is 386 g/mol. The summed E-state index contributed by atoms with van der Waals surface area (Å²) < 4.78 is 6.59. The fourth-order valence-electron chi connectivity index (χ4n) is 3.33. The zero-order valence-corrected chi connectivity index (χ0v) is 15.9. The minimum absolute atomic E-state index is 0.134. The van der Waals surface area contributed by atoms with Gasteiger partial charge in [0.05, 0.1) is 27.0 Å². The van der Waals surface area contributed by atoms with Crippen molar-refractivity contribution in [2.45, 2.75) is 57.6 Å². The second kappa shape index (κ2) is 8.19. The van der Waals surface area contributed by atoms with Gasteiger partial charge in [0.25, 0.3) is 11.5 Å². The zero-order valence-electron chi connectivity index (χ0n) is 14.4. The van der Waals surface area contributed by atoms with Gasteiger partial charge in [0.1, 0.15) is 0 Å². The molecule has 6 nitrogen and oxygen atoms in total. The first-order chi connectivity index (χ1) is 12.1. The molecular formula is C18H24BrN3O3. The van der Waals surface area contributed by atoms with E-state index in [0.29, 0.717) is 22.6 Å². The van der Waals surface area contributed by atoms with E-state index in [0.717, 1.165) is 49.6 Å². The van der Waals surface area contributed by atoms with Crippen LogP contribution < -0.4 is 10.9 Å². The monoisotopic (exact) mass is 409 g/mol. The molecule has 0 aromatic carbocycles. The first kappa shape index (κ1) is 18.2. The number of pyridine rings is 1. The summed E-state index contributed by atoms with van der Waals surface area (Å²) in [5, 5.41) is 3.46. The van der Waals surface area contributed by atoms with Crippen LogP contribution in [0.2, 0.25) is 0 Å². The highest BCUT2D eigenvalue weighted by molar-refractivity contribution is 9.10. The molecule has 1 aliphatic rings. The molecule has 0 spiro atoms. The standard InChI is InChI=1S/C18H24BrN3O3/c1-2-3-8-25-12-6-4-11(5-7-12)22-17(23)13-9-20-16-14(19)10-21-18(24)15(13)16/h9-12,20H,2-8H2,1H3,(H,21,24)(H,22,23). The van der Waals surface area contributed by atoms with Gasteiger partial charge < -0.3 is 20.0 Å². The van der Waals surface area contributed by atoms with Gasteiger partial charge in [-0.05, 0) is 48.0 Å². The van der Waals surface area contributed by atoms with Gasteiger partial charge >= 0.3 is 0 Å². The Morgan fingerprint density at radius 2 is 2.04 bits per heavy atom. The fraction of sp³-hybridized carbons (Fsp3) is 0.556. The molecule has 2 aromatic rings. The number of nitrogens with one attached hydrogen (secondary N) is 3. The summed E-state index contributed by atoms with van der Waals surface area (Å²) in [5.41, 5.74) is 0.762. The predicted molar refractivity (Wildman–Crippen MR) is 101 cm³/mol. The van der Waals surface area contributed by atoms with Gasteiger partial charge in [0.15, 0.2) is 0 Å². The lowest BCUT2D eigenvalue weighted by Crippen LogP contribution is -2.39. The summed E-state index contributed by atoms with van der Waals surface area (Å²) in [7, 11) is 0. The molecule has 1 aliphatic carbocycles. The van der Waals surface area contributed by atoms with Crippen molar-refractivity contribution in [3.05, 3.63) is 32.8 Å². The van der Waals surface area contributed by atoms with Gasteiger partial charge in [-0.25, -0.2) is 0 Å². The largest absolute Gasteiger partial charge is 0.378 e. The van der Waals surface area contributed by atoms with E-state index in [1.54, 1.807) is 12.4 Å². The Hall–Kier alpha value is -1.60. The lowest BCUT2D eigenvalue weighted by molar-refractivity contribution is 0.0209. The molecule has 0 bridgehead atoms. The number of aromatic amines is 2. The van der Waals surface area contributed by atoms with E-state index in [1.807, 2.05) is 0 Å². The number of hydrogen-bond donors (Lipinski definition) is 3. The maximum absolute atomic E-state index is 12.6. The van der Waals surface area contributed by atoms with E-state index in [-0.39, 0.29) is 17.5 Å². The number of halogens is 1. The number of carbonyl (C=O) groups is 1. The van der Waals surface area contributed by atoms with Crippen LogP contribution in [-0.4, -0.2) is 34.6 Å². The van der Waals surface area contributed by atoms with E-state index < -0.39 is 0 Å². The summed E-state index contributed by atoms with van der Waals surface area (Å²) in [6.07, 6.45) is 9.47. The van der Waals surface area contributed by atoms with Crippen molar-refractivity contribution in [3.63, 3.8) is 0 Å².